The van der Waals surface area contributed by atoms with E-state index >= 15 is 0 Å². The van der Waals surface area contributed by atoms with E-state index < -0.39 is 0 Å². The molecule has 0 radical (unpaired) electrons. The summed E-state index contributed by atoms with van der Waals surface area (Å²) >= 11 is 0. The molecule has 132 valence electrons. The number of pyridine rings is 1. The van der Waals surface area contributed by atoms with Crippen LogP contribution in [0.25, 0.3) is 0 Å². The van der Waals surface area contributed by atoms with Crippen molar-refractivity contribution in [3.63, 3.8) is 0 Å². The van der Waals surface area contributed by atoms with Crippen molar-refractivity contribution in [1.29, 1.82) is 0 Å². The van der Waals surface area contributed by atoms with Gasteiger partial charge in [0.25, 0.3) is 0 Å². The molecule has 5 heteroatoms. The van der Waals surface area contributed by atoms with Gasteiger partial charge in [0.05, 0.1) is 11.4 Å². The topological polar surface area (TPSA) is 45.2 Å². The van der Waals surface area contributed by atoms with Gasteiger partial charge in [-0.3, -0.25) is 9.88 Å². The third-order valence-electron chi connectivity index (χ3n) is 5.61. The molecule has 0 amide bonds. The van der Waals surface area contributed by atoms with E-state index in [1.807, 2.05) is 25.2 Å². The predicted octanol–water partition coefficient (Wildman–Crippen LogP) is 2.73. The van der Waals surface area contributed by atoms with Gasteiger partial charge in [-0.15, -0.1) is 0 Å². The van der Waals surface area contributed by atoms with E-state index in [-0.39, 0.29) is 5.41 Å². The number of aryl methyl sites for hydroxylation is 2. The first-order chi connectivity index (χ1) is 12.1. The highest BCUT2D eigenvalue weighted by atomic mass is 15.2. The first kappa shape index (κ1) is 16.5. The van der Waals surface area contributed by atoms with Gasteiger partial charge >= 0.3 is 0 Å². The fraction of sp³-hybridized carbons (Fsp3) is 0.550. The second kappa shape index (κ2) is 6.37. The molecule has 4 rings (SSSR count). The third kappa shape index (κ3) is 3.13. The van der Waals surface area contributed by atoms with E-state index in [9.17, 15) is 0 Å². The second-order valence-corrected chi connectivity index (χ2v) is 7.80. The van der Waals surface area contributed by atoms with Crippen molar-refractivity contribution in [3.8, 4) is 0 Å². The quantitative estimate of drug-likeness (QED) is 0.862. The fourth-order valence-electron chi connectivity index (χ4n) is 4.42. The molecule has 0 aromatic carbocycles. The van der Waals surface area contributed by atoms with Crippen LogP contribution < -0.4 is 4.90 Å². The van der Waals surface area contributed by atoms with Gasteiger partial charge in [0.1, 0.15) is 0 Å². The molecule has 1 spiro atoms. The van der Waals surface area contributed by atoms with Crippen molar-refractivity contribution in [2.45, 2.75) is 44.6 Å². The molecular weight excluding hydrogens is 310 g/mol. The van der Waals surface area contributed by atoms with Crippen LogP contribution in [-0.4, -0.2) is 47.0 Å². The van der Waals surface area contributed by atoms with Crippen LogP contribution in [0.4, 0.5) is 5.95 Å². The summed E-state index contributed by atoms with van der Waals surface area (Å²) in [4.78, 5) is 18.7. The van der Waals surface area contributed by atoms with Crippen LogP contribution in [0.1, 0.15) is 41.9 Å². The molecule has 2 aromatic heterocycles. The van der Waals surface area contributed by atoms with Crippen LogP contribution in [0.3, 0.4) is 0 Å². The lowest BCUT2D eigenvalue weighted by Gasteiger charge is -2.40. The van der Waals surface area contributed by atoms with Gasteiger partial charge in [0, 0.05) is 44.5 Å². The van der Waals surface area contributed by atoms with Crippen molar-refractivity contribution in [1.82, 2.24) is 19.9 Å². The minimum atomic E-state index is 0.200. The molecular formula is C20H27N5. The summed E-state index contributed by atoms with van der Waals surface area (Å²) in [5.41, 5.74) is 5.12. The normalized spacial score (nSPS) is 23.0. The molecule has 1 unspecified atom stereocenters. The fourth-order valence-corrected chi connectivity index (χ4v) is 4.42. The Morgan fingerprint density at radius 1 is 1.20 bits per heavy atom. The van der Waals surface area contributed by atoms with E-state index in [4.69, 9.17) is 4.98 Å². The maximum absolute atomic E-state index is 4.96. The minimum Gasteiger partial charge on any atom is -0.347 e. The SMILES string of the molecule is Cc1cccc(CN2CCCC3(CCc4cnc(N(C)C)nc43)C2)n1. The molecule has 1 aliphatic heterocycles. The van der Waals surface area contributed by atoms with E-state index in [0.29, 0.717) is 0 Å². The molecule has 0 N–H and O–H groups in total. The van der Waals surface area contributed by atoms with Gasteiger partial charge in [0.15, 0.2) is 0 Å². The molecule has 0 saturated carbocycles. The summed E-state index contributed by atoms with van der Waals surface area (Å²) < 4.78 is 0. The monoisotopic (exact) mass is 337 g/mol. The zero-order valence-corrected chi connectivity index (χ0v) is 15.5. The molecule has 3 heterocycles. The number of hydrogen-bond donors (Lipinski definition) is 0. The molecule has 2 aromatic rings. The van der Waals surface area contributed by atoms with E-state index in [2.05, 4.69) is 40.0 Å². The Morgan fingerprint density at radius 3 is 2.88 bits per heavy atom. The molecule has 1 atom stereocenters. The highest BCUT2D eigenvalue weighted by Crippen LogP contribution is 2.44. The summed E-state index contributed by atoms with van der Waals surface area (Å²) in [5, 5.41) is 0. The minimum absolute atomic E-state index is 0.200. The predicted molar refractivity (Wildman–Crippen MR) is 99.8 cm³/mol. The Bertz CT molecular complexity index is 768. The van der Waals surface area contributed by atoms with Crippen molar-refractivity contribution in [3.05, 3.63) is 47.0 Å². The summed E-state index contributed by atoms with van der Waals surface area (Å²) in [5.74, 6) is 0.831. The van der Waals surface area contributed by atoms with Crippen molar-refractivity contribution in [2.24, 2.45) is 0 Å². The summed E-state index contributed by atoms with van der Waals surface area (Å²) in [6.45, 7) is 5.23. The van der Waals surface area contributed by atoms with Crippen molar-refractivity contribution in [2.75, 3.05) is 32.1 Å². The maximum atomic E-state index is 4.96. The number of anilines is 1. The Morgan fingerprint density at radius 2 is 2.08 bits per heavy atom. The van der Waals surface area contributed by atoms with Crippen LogP contribution in [0.5, 0.6) is 0 Å². The van der Waals surface area contributed by atoms with Crippen LogP contribution >= 0.6 is 0 Å². The highest BCUT2D eigenvalue weighted by molar-refractivity contribution is 5.39. The molecule has 5 nitrogen and oxygen atoms in total. The van der Waals surface area contributed by atoms with Crippen molar-refractivity contribution < 1.29 is 0 Å². The lowest BCUT2D eigenvalue weighted by atomic mass is 9.77. The number of likely N-dealkylation sites (tertiary alicyclic amines) is 1. The largest absolute Gasteiger partial charge is 0.347 e. The number of aromatic nitrogens is 3. The molecule has 1 saturated heterocycles. The Kier molecular flexibility index (Phi) is 4.20. The van der Waals surface area contributed by atoms with Crippen LogP contribution in [-0.2, 0) is 18.4 Å². The van der Waals surface area contributed by atoms with Gasteiger partial charge in [0.2, 0.25) is 5.95 Å². The first-order valence-electron chi connectivity index (χ1n) is 9.24. The lowest BCUT2D eigenvalue weighted by Crippen LogP contribution is -2.45. The van der Waals surface area contributed by atoms with Crippen LogP contribution in [0.15, 0.2) is 24.4 Å². The van der Waals surface area contributed by atoms with Crippen LogP contribution in [0.2, 0.25) is 0 Å². The Labute approximate surface area is 150 Å². The molecule has 0 bridgehead atoms. The van der Waals surface area contributed by atoms with Gasteiger partial charge in [-0.1, -0.05) is 6.07 Å². The standard InChI is InChI=1S/C20H27N5/c1-15-6-4-7-17(22-15)13-25-11-5-9-20(14-25)10-8-16-12-21-19(24(2)3)23-18(16)20/h4,6-7,12H,5,8-11,13-14H2,1-3H3. The maximum Gasteiger partial charge on any atom is 0.225 e. The molecule has 1 aliphatic carbocycles. The summed E-state index contributed by atoms with van der Waals surface area (Å²) in [7, 11) is 4.03. The van der Waals surface area contributed by atoms with Crippen LogP contribution in [0, 0.1) is 6.92 Å². The molecule has 25 heavy (non-hydrogen) atoms. The van der Waals surface area contributed by atoms with Gasteiger partial charge in [-0.2, -0.15) is 0 Å². The second-order valence-electron chi connectivity index (χ2n) is 7.80. The average Bonchev–Trinajstić information content (AvgIpc) is 2.92. The number of nitrogens with zero attached hydrogens (tertiary/aromatic N) is 5. The van der Waals surface area contributed by atoms with Gasteiger partial charge < -0.3 is 4.90 Å². The van der Waals surface area contributed by atoms with E-state index in [1.54, 1.807) is 0 Å². The van der Waals surface area contributed by atoms with E-state index in [1.165, 1.54) is 36.2 Å². The molecule has 2 aliphatic rings. The number of hydrogen-bond acceptors (Lipinski definition) is 5. The number of rotatable bonds is 3. The third-order valence-corrected chi connectivity index (χ3v) is 5.61. The van der Waals surface area contributed by atoms with Crippen molar-refractivity contribution >= 4 is 5.95 Å². The Hall–Kier alpha value is -2.01. The molecule has 1 fully saturated rings. The number of fused-ring (bicyclic) bond motifs is 2. The average molecular weight is 337 g/mol. The summed E-state index contributed by atoms with van der Waals surface area (Å²) in [6, 6.07) is 6.32. The number of piperidine rings is 1. The van der Waals surface area contributed by atoms with E-state index in [0.717, 1.165) is 37.7 Å². The zero-order chi connectivity index (χ0) is 17.4. The summed E-state index contributed by atoms with van der Waals surface area (Å²) in [6.07, 6.45) is 6.83. The first-order valence-corrected chi connectivity index (χ1v) is 9.24. The Balaban J connectivity index is 1.58. The van der Waals surface area contributed by atoms with Gasteiger partial charge in [-0.25, -0.2) is 9.97 Å². The smallest absolute Gasteiger partial charge is 0.225 e. The lowest BCUT2D eigenvalue weighted by molar-refractivity contribution is 0.135. The zero-order valence-electron chi connectivity index (χ0n) is 15.5. The highest BCUT2D eigenvalue weighted by Gasteiger charge is 2.43. The van der Waals surface area contributed by atoms with Gasteiger partial charge in [-0.05, 0) is 56.8 Å².